The van der Waals surface area contributed by atoms with Gasteiger partial charge in [-0.2, -0.15) is 0 Å². The molecular weight excluding hydrogens is 360 g/mol. The maximum Gasteiger partial charge on any atom is 0.185 e. The summed E-state index contributed by atoms with van der Waals surface area (Å²) < 4.78 is 2.08. The third-order valence-corrected chi connectivity index (χ3v) is 5.12. The van der Waals surface area contributed by atoms with Crippen molar-refractivity contribution in [2.45, 2.75) is 32.4 Å². The number of hydrogen-bond donors (Lipinski definition) is 1. The first-order valence-corrected chi connectivity index (χ1v) is 10.3. The maximum absolute atomic E-state index is 12.4. The molecule has 3 aromatic rings. The summed E-state index contributed by atoms with van der Waals surface area (Å²) in [6.45, 7) is 4.34. The molecule has 0 bridgehead atoms. The van der Waals surface area contributed by atoms with Crippen molar-refractivity contribution in [2.24, 2.45) is 0 Å². The molecule has 0 saturated heterocycles. The van der Waals surface area contributed by atoms with Gasteiger partial charge in [0.15, 0.2) is 5.78 Å². The van der Waals surface area contributed by atoms with E-state index in [1.165, 1.54) is 0 Å². The molecule has 4 nitrogen and oxygen atoms in total. The van der Waals surface area contributed by atoms with Crippen molar-refractivity contribution in [2.75, 3.05) is 20.1 Å². The van der Waals surface area contributed by atoms with Gasteiger partial charge in [0.25, 0.3) is 0 Å². The van der Waals surface area contributed by atoms with Gasteiger partial charge in [0.2, 0.25) is 0 Å². The monoisotopic (exact) mass is 390 g/mol. The van der Waals surface area contributed by atoms with Gasteiger partial charge in [0.05, 0.1) is 6.10 Å². The molecule has 1 N–H and O–H groups in total. The van der Waals surface area contributed by atoms with Gasteiger partial charge in [-0.3, -0.25) is 4.79 Å². The van der Waals surface area contributed by atoms with Gasteiger partial charge in [-0.1, -0.05) is 61.9 Å². The van der Waals surface area contributed by atoms with Crippen LogP contribution in [0.3, 0.4) is 0 Å². The Morgan fingerprint density at radius 2 is 1.86 bits per heavy atom. The second-order valence-corrected chi connectivity index (χ2v) is 7.59. The van der Waals surface area contributed by atoms with Crippen molar-refractivity contribution in [1.29, 1.82) is 0 Å². The molecule has 4 heteroatoms. The molecule has 0 radical (unpaired) electrons. The molecule has 0 aliphatic heterocycles. The highest BCUT2D eigenvalue weighted by atomic mass is 16.3. The van der Waals surface area contributed by atoms with E-state index in [0.29, 0.717) is 18.7 Å². The number of likely N-dealkylation sites (N-methyl/N-ethyl adjacent to an activating group) is 1. The standard InChI is InChI=1S/C25H30N2O2/c1-3-4-16-26(2)18-22(28)19-27-17-21(23-12-8-9-13-24(23)27)14-15-25(29)20-10-6-5-7-11-20/h5-15,17,22,28H,3-4,16,18-19H2,1-2H3/b15-14+/t22-/m1/s1. The number of aromatic nitrogens is 1. The number of nitrogens with zero attached hydrogens (tertiary/aromatic N) is 2. The van der Waals surface area contributed by atoms with Crippen LogP contribution in [0.1, 0.15) is 35.7 Å². The van der Waals surface area contributed by atoms with Crippen LogP contribution in [0.25, 0.3) is 17.0 Å². The molecule has 1 atom stereocenters. The molecule has 0 spiro atoms. The molecule has 2 aromatic carbocycles. The molecule has 0 aliphatic rings. The second kappa shape index (κ2) is 10.2. The number of hydrogen-bond acceptors (Lipinski definition) is 3. The van der Waals surface area contributed by atoms with Gasteiger partial charge in [-0.25, -0.2) is 0 Å². The Balaban J connectivity index is 1.76. The number of aliphatic hydroxyl groups excluding tert-OH is 1. The zero-order valence-electron chi connectivity index (χ0n) is 17.3. The van der Waals surface area contributed by atoms with Crippen molar-refractivity contribution in [3.8, 4) is 0 Å². The minimum atomic E-state index is -0.449. The Bertz CT molecular complexity index is 959. The first kappa shape index (κ1) is 21.0. The van der Waals surface area contributed by atoms with Crippen LogP contribution < -0.4 is 0 Å². The largest absolute Gasteiger partial charge is 0.390 e. The van der Waals surface area contributed by atoms with Crippen molar-refractivity contribution in [3.63, 3.8) is 0 Å². The lowest BCUT2D eigenvalue weighted by atomic mass is 10.1. The Kier molecular flexibility index (Phi) is 7.39. The number of fused-ring (bicyclic) bond motifs is 1. The van der Waals surface area contributed by atoms with Crippen LogP contribution >= 0.6 is 0 Å². The highest BCUT2D eigenvalue weighted by Gasteiger charge is 2.12. The predicted octanol–water partition coefficient (Wildman–Crippen LogP) is 4.63. The highest BCUT2D eigenvalue weighted by Crippen LogP contribution is 2.23. The SMILES string of the molecule is CCCCN(C)C[C@@H](O)Cn1cc(/C=C/C(=O)c2ccccc2)c2ccccc21. The summed E-state index contributed by atoms with van der Waals surface area (Å²) >= 11 is 0. The molecule has 29 heavy (non-hydrogen) atoms. The van der Waals surface area contributed by atoms with Crippen LogP contribution in [-0.4, -0.2) is 46.6 Å². The average molecular weight is 391 g/mol. The van der Waals surface area contributed by atoms with Gasteiger partial charge in [-0.05, 0) is 38.2 Å². The first-order valence-electron chi connectivity index (χ1n) is 10.3. The molecule has 0 fully saturated rings. The third-order valence-electron chi connectivity index (χ3n) is 5.12. The molecule has 0 unspecified atom stereocenters. The Morgan fingerprint density at radius 3 is 2.62 bits per heavy atom. The number of carbonyl (C=O) groups is 1. The lowest BCUT2D eigenvalue weighted by Crippen LogP contribution is -2.32. The van der Waals surface area contributed by atoms with Gasteiger partial charge < -0.3 is 14.6 Å². The van der Waals surface area contributed by atoms with E-state index >= 15 is 0 Å². The van der Waals surface area contributed by atoms with E-state index in [0.717, 1.165) is 35.9 Å². The first-order chi connectivity index (χ1) is 14.1. The molecule has 1 heterocycles. The smallest absolute Gasteiger partial charge is 0.185 e. The third kappa shape index (κ3) is 5.66. The normalized spacial score (nSPS) is 12.8. The number of unbranched alkanes of at least 4 members (excludes halogenated alkanes) is 1. The van der Waals surface area contributed by atoms with E-state index in [9.17, 15) is 9.90 Å². The Morgan fingerprint density at radius 1 is 1.14 bits per heavy atom. The molecule has 0 amide bonds. The van der Waals surface area contributed by atoms with Crippen LogP contribution in [0.15, 0.2) is 66.9 Å². The molecule has 3 rings (SSSR count). The lowest BCUT2D eigenvalue weighted by molar-refractivity contribution is 0.104. The summed E-state index contributed by atoms with van der Waals surface area (Å²) in [5.41, 5.74) is 2.73. The molecule has 152 valence electrons. The molecule has 0 aliphatic carbocycles. The highest BCUT2D eigenvalue weighted by molar-refractivity contribution is 6.07. The number of aliphatic hydroxyl groups is 1. The van der Waals surface area contributed by atoms with Crippen LogP contribution in [0.2, 0.25) is 0 Å². The zero-order chi connectivity index (χ0) is 20.6. The van der Waals surface area contributed by atoms with Crippen molar-refractivity contribution in [3.05, 3.63) is 78.0 Å². The molecular formula is C25H30N2O2. The number of ketones is 1. The van der Waals surface area contributed by atoms with Gasteiger partial charge in [-0.15, -0.1) is 0 Å². The van der Waals surface area contributed by atoms with Gasteiger partial charge >= 0.3 is 0 Å². The number of benzene rings is 2. The van der Waals surface area contributed by atoms with Crippen LogP contribution in [-0.2, 0) is 6.54 Å². The van der Waals surface area contributed by atoms with Gasteiger partial charge in [0.1, 0.15) is 0 Å². The van der Waals surface area contributed by atoms with E-state index in [1.54, 1.807) is 6.08 Å². The van der Waals surface area contributed by atoms with Crippen LogP contribution in [0.4, 0.5) is 0 Å². The second-order valence-electron chi connectivity index (χ2n) is 7.59. The fraction of sp³-hybridized carbons (Fsp3) is 0.320. The van der Waals surface area contributed by atoms with E-state index in [4.69, 9.17) is 0 Å². The quantitative estimate of drug-likeness (QED) is 0.405. The van der Waals surface area contributed by atoms with E-state index in [1.807, 2.05) is 54.7 Å². The number of allylic oxidation sites excluding steroid dienone is 1. The summed E-state index contributed by atoms with van der Waals surface area (Å²) in [5, 5.41) is 11.7. The lowest BCUT2D eigenvalue weighted by Gasteiger charge is -2.21. The predicted molar refractivity (Wildman–Crippen MR) is 120 cm³/mol. The summed E-state index contributed by atoms with van der Waals surface area (Å²) in [5.74, 6) is -0.0139. The Hall–Kier alpha value is -2.69. The maximum atomic E-state index is 12.4. The molecule has 0 saturated carbocycles. The summed E-state index contributed by atoms with van der Waals surface area (Å²) in [6, 6.07) is 17.4. The summed E-state index contributed by atoms with van der Waals surface area (Å²) in [7, 11) is 2.05. The minimum absolute atomic E-state index is 0.0139. The van der Waals surface area contributed by atoms with Crippen molar-refractivity contribution < 1.29 is 9.90 Å². The van der Waals surface area contributed by atoms with Crippen LogP contribution in [0.5, 0.6) is 0 Å². The van der Waals surface area contributed by atoms with Crippen molar-refractivity contribution in [1.82, 2.24) is 9.47 Å². The van der Waals surface area contributed by atoms with E-state index in [-0.39, 0.29) is 5.78 Å². The van der Waals surface area contributed by atoms with E-state index in [2.05, 4.69) is 35.6 Å². The summed E-state index contributed by atoms with van der Waals surface area (Å²) in [6.07, 6.45) is 7.36. The fourth-order valence-corrected chi connectivity index (χ4v) is 3.59. The number of carbonyl (C=O) groups excluding carboxylic acids is 1. The summed E-state index contributed by atoms with van der Waals surface area (Å²) in [4.78, 5) is 14.6. The van der Waals surface area contributed by atoms with Crippen LogP contribution in [0, 0.1) is 0 Å². The number of para-hydroxylation sites is 1. The topological polar surface area (TPSA) is 45.5 Å². The van der Waals surface area contributed by atoms with Gasteiger partial charge in [0, 0.05) is 41.3 Å². The van der Waals surface area contributed by atoms with Crippen molar-refractivity contribution >= 4 is 22.8 Å². The number of rotatable bonds is 10. The minimum Gasteiger partial charge on any atom is -0.390 e. The average Bonchev–Trinajstić information content (AvgIpc) is 3.08. The zero-order valence-corrected chi connectivity index (χ0v) is 17.3. The Labute approximate surface area is 173 Å². The fourth-order valence-electron chi connectivity index (χ4n) is 3.59. The molecule has 1 aromatic heterocycles. The van der Waals surface area contributed by atoms with E-state index < -0.39 is 6.10 Å².